The number of hydrogen-bond acceptors (Lipinski definition) is 7. The highest BCUT2D eigenvalue weighted by Gasteiger charge is 2.19. The Morgan fingerprint density at radius 3 is 2.69 bits per heavy atom. The Bertz CT molecular complexity index is 938. The van der Waals surface area contributed by atoms with Crippen molar-refractivity contribution in [3.63, 3.8) is 0 Å². The molecule has 1 atom stereocenters. The van der Waals surface area contributed by atoms with E-state index in [0.717, 1.165) is 11.5 Å². The molecule has 4 N–H and O–H groups in total. The van der Waals surface area contributed by atoms with E-state index in [0.29, 0.717) is 23.8 Å². The van der Waals surface area contributed by atoms with Crippen molar-refractivity contribution >= 4 is 5.91 Å². The van der Waals surface area contributed by atoms with Gasteiger partial charge in [0.2, 0.25) is 0 Å². The maximum absolute atomic E-state index is 11.7. The fourth-order valence-electron chi connectivity index (χ4n) is 2.46. The number of hydrogen-bond donors (Lipinski definition) is 2. The molecule has 3 rings (SSSR count). The van der Waals surface area contributed by atoms with Crippen LogP contribution in [0.1, 0.15) is 39.5 Å². The molecule has 0 bridgehead atoms. The van der Waals surface area contributed by atoms with Gasteiger partial charge in [-0.05, 0) is 37.3 Å². The van der Waals surface area contributed by atoms with Crippen molar-refractivity contribution in [3.8, 4) is 11.5 Å². The first-order valence-corrected chi connectivity index (χ1v) is 7.94. The zero-order valence-corrected chi connectivity index (χ0v) is 14.5. The van der Waals surface area contributed by atoms with Crippen LogP contribution < -0.4 is 11.5 Å². The lowest BCUT2D eigenvalue weighted by molar-refractivity contribution is 0.0995. The van der Waals surface area contributed by atoms with E-state index in [1.807, 2.05) is 19.1 Å². The van der Waals surface area contributed by atoms with E-state index in [9.17, 15) is 4.79 Å². The smallest absolute Gasteiger partial charge is 0.267 e. The van der Waals surface area contributed by atoms with Crippen molar-refractivity contribution in [3.05, 3.63) is 65.1 Å². The molecule has 134 valence electrons. The number of aromatic nitrogens is 3. The van der Waals surface area contributed by atoms with Gasteiger partial charge in [-0.15, -0.1) is 0 Å². The van der Waals surface area contributed by atoms with Gasteiger partial charge in [-0.25, -0.2) is 9.97 Å². The van der Waals surface area contributed by atoms with E-state index in [1.165, 1.54) is 6.07 Å². The molecule has 26 heavy (non-hydrogen) atoms. The van der Waals surface area contributed by atoms with E-state index in [-0.39, 0.29) is 11.5 Å². The van der Waals surface area contributed by atoms with Crippen molar-refractivity contribution in [1.29, 1.82) is 0 Å². The van der Waals surface area contributed by atoms with Crippen molar-refractivity contribution in [1.82, 2.24) is 15.0 Å². The molecular weight excluding hydrogens is 334 g/mol. The van der Waals surface area contributed by atoms with Crippen LogP contribution in [0.2, 0.25) is 0 Å². The molecular formula is C18H19N5O3. The van der Waals surface area contributed by atoms with Gasteiger partial charge in [-0.3, -0.25) is 9.78 Å². The molecule has 0 aliphatic carbocycles. The van der Waals surface area contributed by atoms with E-state index >= 15 is 0 Å². The highest BCUT2D eigenvalue weighted by molar-refractivity contribution is 5.91. The fraction of sp³-hybridized carbons (Fsp3) is 0.222. The third-order valence-corrected chi connectivity index (χ3v) is 3.71. The number of carbonyl (C=O) groups is 1. The molecule has 0 fully saturated rings. The average molecular weight is 353 g/mol. The zero-order chi connectivity index (χ0) is 18.7. The molecule has 1 unspecified atom stereocenters. The Morgan fingerprint density at radius 1 is 1.23 bits per heavy atom. The first-order chi connectivity index (χ1) is 12.5. The SMILES string of the molecule is COCc1cccc(C(N)c2nc(C(N)=O)cc(-c3ccc(C)o3)n2)n1. The Hall–Kier alpha value is -3.10. The molecule has 0 radical (unpaired) electrons. The third kappa shape index (κ3) is 3.76. The predicted molar refractivity (Wildman–Crippen MR) is 94.0 cm³/mol. The number of primary amides is 1. The summed E-state index contributed by atoms with van der Waals surface area (Å²) < 4.78 is 10.7. The number of methoxy groups -OCH3 is 1. The Kier molecular flexibility index (Phi) is 5.06. The summed E-state index contributed by atoms with van der Waals surface area (Å²) in [4.78, 5) is 24.8. The number of aryl methyl sites for hydroxylation is 1. The van der Waals surface area contributed by atoms with Crippen molar-refractivity contribution in [2.75, 3.05) is 7.11 Å². The molecule has 0 aliphatic rings. The molecule has 3 aromatic heterocycles. The predicted octanol–water partition coefficient (Wildman–Crippen LogP) is 1.73. The molecule has 8 heteroatoms. The van der Waals surface area contributed by atoms with E-state index in [2.05, 4.69) is 15.0 Å². The summed E-state index contributed by atoms with van der Waals surface area (Å²) in [6.07, 6.45) is 0. The maximum atomic E-state index is 11.7. The lowest BCUT2D eigenvalue weighted by Crippen LogP contribution is -2.21. The summed E-state index contributed by atoms with van der Waals surface area (Å²) in [5, 5.41) is 0. The number of nitrogens with two attached hydrogens (primary N) is 2. The highest BCUT2D eigenvalue weighted by Crippen LogP contribution is 2.23. The lowest BCUT2D eigenvalue weighted by Gasteiger charge is -2.13. The Balaban J connectivity index is 2.04. The number of carbonyl (C=O) groups excluding carboxylic acids is 1. The topological polar surface area (TPSA) is 130 Å². The largest absolute Gasteiger partial charge is 0.460 e. The second kappa shape index (κ2) is 7.42. The number of ether oxygens (including phenoxy) is 1. The summed E-state index contributed by atoms with van der Waals surface area (Å²) in [6, 6.07) is 9.72. The van der Waals surface area contributed by atoms with E-state index < -0.39 is 11.9 Å². The number of furan rings is 1. The zero-order valence-electron chi connectivity index (χ0n) is 14.5. The lowest BCUT2D eigenvalue weighted by atomic mass is 10.1. The van der Waals surface area contributed by atoms with Crippen LogP contribution in [0.15, 0.2) is 40.8 Å². The summed E-state index contributed by atoms with van der Waals surface area (Å²) in [5.41, 5.74) is 13.5. The maximum Gasteiger partial charge on any atom is 0.267 e. The minimum Gasteiger partial charge on any atom is -0.460 e. The van der Waals surface area contributed by atoms with Gasteiger partial charge < -0.3 is 20.6 Å². The Labute approximate surface area is 150 Å². The van der Waals surface area contributed by atoms with Crippen molar-refractivity contribution in [2.24, 2.45) is 11.5 Å². The molecule has 1 amide bonds. The Morgan fingerprint density at radius 2 is 2.04 bits per heavy atom. The van der Waals surface area contributed by atoms with Gasteiger partial charge in [-0.1, -0.05) is 6.07 Å². The normalized spacial score (nSPS) is 12.1. The van der Waals surface area contributed by atoms with Crippen molar-refractivity contribution < 1.29 is 13.9 Å². The van der Waals surface area contributed by atoms with Crippen molar-refractivity contribution in [2.45, 2.75) is 19.6 Å². The monoisotopic (exact) mass is 353 g/mol. The molecule has 0 aliphatic heterocycles. The van der Waals surface area contributed by atoms with Crippen LogP contribution in [-0.2, 0) is 11.3 Å². The van der Waals surface area contributed by atoms with Crippen LogP contribution >= 0.6 is 0 Å². The minimum absolute atomic E-state index is 0.0579. The summed E-state index contributed by atoms with van der Waals surface area (Å²) in [7, 11) is 1.59. The quantitative estimate of drug-likeness (QED) is 0.690. The van der Waals surface area contributed by atoms with Crippen LogP contribution in [-0.4, -0.2) is 28.0 Å². The molecule has 0 aromatic carbocycles. The summed E-state index contributed by atoms with van der Waals surface area (Å²) in [6.45, 7) is 2.18. The van der Waals surface area contributed by atoms with E-state index in [1.54, 1.807) is 25.3 Å². The molecule has 0 spiro atoms. The van der Waals surface area contributed by atoms with Crippen LogP contribution in [0.25, 0.3) is 11.5 Å². The second-order valence-electron chi connectivity index (χ2n) is 5.74. The standard InChI is InChI=1S/C18H19N5O3/c1-10-6-7-15(26-10)13-8-14(17(20)24)23-18(22-13)16(19)12-5-3-4-11(21-12)9-25-2/h3-8,16H,9,19H2,1-2H3,(H2,20,24). The molecule has 3 aromatic rings. The van der Waals surface area contributed by atoms with Gasteiger partial charge in [0.15, 0.2) is 11.6 Å². The number of rotatable bonds is 6. The van der Waals surface area contributed by atoms with Crippen LogP contribution in [0.5, 0.6) is 0 Å². The second-order valence-corrected chi connectivity index (χ2v) is 5.74. The van der Waals surface area contributed by atoms with E-state index in [4.69, 9.17) is 20.6 Å². The molecule has 8 nitrogen and oxygen atoms in total. The molecule has 3 heterocycles. The van der Waals surface area contributed by atoms with Gasteiger partial charge in [-0.2, -0.15) is 0 Å². The number of pyridine rings is 1. The first-order valence-electron chi connectivity index (χ1n) is 7.94. The minimum atomic E-state index is -0.735. The van der Waals surface area contributed by atoms with Crippen LogP contribution in [0.3, 0.4) is 0 Å². The fourth-order valence-corrected chi connectivity index (χ4v) is 2.46. The average Bonchev–Trinajstić information content (AvgIpc) is 3.07. The highest BCUT2D eigenvalue weighted by atomic mass is 16.5. The van der Waals surface area contributed by atoms with Gasteiger partial charge in [0.05, 0.1) is 18.0 Å². The molecule has 0 saturated carbocycles. The third-order valence-electron chi connectivity index (χ3n) is 3.71. The molecule has 0 saturated heterocycles. The van der Waals surface area contributed by atoms with Gasteiger partial charge >= 0.3 is 0 Å². The first kappa shape index (κ1) is 17.7. The van der Waals surface area contributed by atoms with Gasteiger partial charge in [0.25, 0.3) is 5.91 Å². The summed E-state index contributed by atoms with van der Waals surface area (Å²) >= 11 is 0. The van der Waals surface area contributed by atoms with Gasteiger partial charge in [0, 0.05) is 7.11 Å². The van der Waals surface area contributed by atoms with Crippen LogP contribution in [0.4, 0.5) is 0 Å². The number of amides is 1. The number of nitrogens with zero attached hydrogens (tertiary/aromatic N) is 3. The van der Waals surface area contributed by atoms with Gasteiger partial charge in [0.1, 0.15) is 23.2 Å². The summed E-state index contributed by atoms with van der Waals surface area (Å²) in [5.74, 6) is 0.778. The van der Waals surface area contributed by atoms with Crippen LogP contribution in [0, 0.1) is 6.92 Å².